The third-order valence-electron chi connectivity index (χ3n) is 3.17. The Morgan fingerprint density at radius 1 is 1.56 bits per heavy atom. The Morgan fingerprint density at radius 3 is 3.22 bits per heavy atom. The minimum Gasteiger partial charge on any atom is -0.322 e. The summed E-state index contributed by atoms with van der Waals surface area (Å²) in [5.41, 5.74) is 6.16. The molecule has 3 aliphatic carbocycles. The minimum atomic E-state index is 0.178. The van der Waals surface area contributed by atoms with Gasteiger partial charge in [0.1, 0.15) is 0 Å². The second-order valence-electron chi connectivity index (χ2n) is 3.85. The van der Waals surface area contributed by atoms with E-state index in [1.807, 2.05) is 0 Å². The summed E-state index contributed by atoms with van der Waals surface area (Å²) < 4.78 is 0. The molecule has 4 unspecified atom stereocenters. The lowest BCUT2D eigenvalue weighted by atomic mass is 10.0. The van der Waals surface area contributed by atoms with Crippen LogP contribution >= 0.6 is 0 Å². The van der Waals surface area contributed by atoms with Crippen LogP contribution in [0.15, 0.2) is 12.2 Å². The summed E-state index contributed by atoms with van der Waals surface area (Å²) in [6.07, 6.45) is 7.27. The highest BCUT2D eigenvalue weighted by Gasteiger charge is 2.62. The van der Waals surface area contributed by atoms with Crippen LogP contribution in [0.25, 0.3) is 0 Å². The van der Waals surface area contributed by atoms with Crippen molar-refractivity contribution in [1.82, 2.24) is 0 Å². The Hall–Kier alpha value is -0.300. The molecule has 0 heterocycles. The van der Waals surface area contributed by atoms with Gasteiger partial charge in [-0.15, -0.1) is 0 Å². The molecule has 0 aromatic carbocycles. The molecule has 9 heavy (non-hydrogen) atoms. The Bertz CT molecular complexity index is 197. The number of fused-ring (bicyclic) bond motifs is 3. The van der Waals surface area contributed by atoms with Crippen LogP contribution in [0.2, 0.25) is 0 Å². The van der Waals surface area contributed by atoms with Gasteiger partial charge in [0.25, 0.3) is 0 Å². The summed E-state index contributed by atoms with van der Waals surface area (Å²) in [7, 11) is 0. The van der Waals surface area contributed by atoms with E-state index < -0.39 is 0 Å². The van der Waals surface area contributed by atoms with Gasteiger partial charge in [0.05, 0.1) is 0 Å². The van der Waals surface area contributed by atoms with Crippen LogP contribution in [0.4, 0.5) is 0 Å². The summed E-state index contributed by atoms with van der Waals surface area (Å²) in [5, 5.41) is 0. The van der Waals surface area contributed by atoms with Gasteiger partial charge in [-0.1, -0.05) is 12.2 Å². The zero-order valence-corrected chi connectivity index (χ0v) is 5.38. The van der Waals surface area contributed by atoms with Crippen LogP contribution in [-0.4, -0.2) is 5.54 Å². The van der Waals surface area contributed by atoms with Crippen LogP contribution in [-0.2, 0) is 0 Å². The average Bonchev–Trinajstić information content (AvgIpc) is 2.52. The number of hydrogen-bond acceptors (Lipinski definition) is 1. The van der Waals surface area contributed by atoms with Crippen LogP contribution in [0.3, 0.4) is 0 Å². The van der Waals surface area contributed by atoms with Crippen molar-refractivity contribution < 1.29 is 0 Å². The van der Waals surface area contributed by atoms with Crippen LogP contribution in [0.5, 0.6) is 0 Å². The third kappa shape index (κ3) is 0.410. The van der Waals surface area contributed by atoms with E-state index in [1.54, 1.807) is 0 Å². The molecule has 0 bridgehead atoms. The Morgan fingerprint density at radius 2 is 2.44 bits per heavy atom. The summed E-state index contributed by atoms with van der Waals surface area (Å²) in [6.45, 7) is 0. The maximum Gasteiger partial charge on any atom is 0.0375 e. The number of allylic oxidation sites excluding steroid dienone is 1. The predicted molar refractivity (Wildman–Crippen MR) is 35.8 cm³/mol. The van der Waals surface area contributed by atoms with Crippen molar-refractivity contribution in [2.45, 2.75) is 18.4 Å². The number of rotatable bonds is 0. The van der Waals surface area contributed by atoms with E-state index in [2.05, 4.69) is 12.2 Å². The van der Waals surface area contributed by atoms with E-state index in [4.69, 9.17) is 5.73 Å². The molecule has 0 amide bonds. The summed E-state index contributed by atoms with van der Waals surface area (Å²) in [6, 6.07) is 0. The molecule has 0 radical (unpaired) electrons. The van der Waals surface area contributed by atoms with Crippen LogP contribution in [0.1, 0.15) is 12.8 Å². The maximum absolute atomic E-state index is 5.98. The minimum absolute atomic E-state index is 0.178. The number of hydrogen-bond donors (Lipinski definition) is 1. The van der Waals surface area contributed by atoms with Gasteiger partial charge >= 0.3 is 0 Å². The zero-order chi connectivity index (χ0) is 6.06. The first-order chi connectivity index (χ1) is 4.30. The van der Waals surface area contributed by atoms with Crippen molar-refractivity contribution >= 4 is 0 Å². The molecule has 1 nitrogen and oxygen atoms in total. The summed E-state index contributed by atoms with van der Waals surface area (Å²) >= 11 is 0. The van der Waals surface area contributed by atoms with Gasteiger partial charge in [-0.25, -0.2) is 0 Å². The van der Waals surface area contributed by atoms with Crippen LogP contribution < -0.4 is 5.73 Å². The van der Waals surface area contributed by atoms with Gasteiger partial charge in [-0.3, -0.25) is 0 Å². The van der Waals surface area contributed by atoms with Gasteiger partial charge in [0, 0.05) is 5.54 Å². The molecule has 0 aliphatic heterocycles. The van der Waals surface area contributed by atoms with Gasteiger partial charge < -0.3 is 5.73 Å². The highest BCUT2D eigenvalue weighted by Crippen LogP contribution is 2.63. The first-order valence-corrected chi connectivity index (χ1v) is 3.78. The van der Waals surface area contributed by atoms with Gasteiger partial charge in [-0.05, 0) is 30.6 Å². The van der Waals surface area contributed by atoms with Crippen molar-refractivity contribution in [2.75, 3.05) is 0 Å². The van der Waals surface area contributed by atoms with Gasteiger partial charge in [0.2, 0.25) is 0 Å². The second-order valence-corrected chi connectivity index (χ2v) is 3.85. The van der Waals surface area contributed by atoms with Crippen molar-refractivity contribution in [1.29, 1.82) is 0 Å². The molecule has 2 saturated carbocycles. The smallest absolute Gasteiger partial charge is 0.0375 e. The lowest BCUT2D eigenvalue weighted by Crippen LogP contribution is -2.24. The Kier molecular flexibility index (Phi) is 0.495. The molecule has 0 spiro atoms. The molecule has 0 aromatic rings. The lowest BCUT2D eigenvalue weighted by molar-refractivity contribution is 0.586. The van der Waals surface area contributed by atoms with E-state index in [0.29, 0.717) is 0 Å². The van der Waals surface area contributed by atoms with Gasteiger partial charge in [-0.2, -0.15) is 0 Å². The molecule has 3 aliphatic rings. The summed E-state index contributed by atoms with van der Waals surface area (Å²) in [4.78, 5) is 0. The normalized spacial score (nSPS) is 66.6. The highest BCUT2D eigenvalue weighted by atomic mass is 14.9. The van der Waals surface area contributed by atoms with E-state index in [1.165, 1.54) is 12.8 Å². The van der Waals surface area contributed by atoms with Gasteiger partial charge in [0.15, 0.2) is 0 Å². The molecule has 4 atom stereocenters. The maximum atomic E-state index is 5.98. The molecule has 1 heteroatoms. The topological polar surface area (TPSA) is 26.0 Å². The molecular formula is C8H11N. The summed E-state index contributed by atoms with van der Waals surface area (Å²) in [5.74, 6) is 2.82. The van der Waals surface area contributed by atoms with Crippen LogP contribution in [0, 0.1) is 17.8 Å². The zero-order valence-electron chi connectivity index (χ0n) is 5.38. The fraction of sp³-hybridized carbons (Fsp3) is 0.750. The highest BCUT2D eigenvalue weighted by molar-refractivity contribution is 5.31. The Balaban J connectivity index is 2.04. The van der Waals surface area contributed by atoms with E-state index in [-0.39, 0.29) is 5.54 Å². The monoisotopic (exact) mass is 121 g/mol. The molecule has 0 saturated heterocycles. The third-order valence-corrected chi connectivity index (χ3v) is 3.17. The average molecular weight is 121 g/mol. The molecule has 3 rings (SSSR count). The first kappa shape index (κ1) is 4.51. The fourth-order valence-electron chi connectivity index (χ4n) is 2.29. The lowest BCUT2D eigenvalue weighted by Gasteiger charge is -2.08. The Labute approximate surface area is 54.9 Å². The van der Waals surface area contributed by atoms with E-state index in [0.717, 1.165) is 17.8 Å². The van der Waals surface area contributed by atoms with E-state index in [9.17, 15) is 0 Å². The van der Waals surface area contributed by atoms with Crippen molar-refractivity contribution in [2.24, 2.45) is 23.5 Å². The van der Waals surface area contributed by atoms with Crippen molar-refractivity contribution in [3.8, 4) is 0 Å². The van der Waals surface area contributed by atoms with Crippen molar-refractivity contribution in [3.63, 3.8) is 0 Å². The number of nitrogens with two attached hydrogens (primary N) is 1. The molecule has 0 aromatic heterocycles. The molecule has 48 valence electrons. The first-order valence-electron chi connectivity index (χ1n) is 3.78. The standard InChI is InChI=1S/C8H11N/c9-8-2-1-5-3-6(5)7(8)4-8/h1-2,5-7H,3-4,9H2. The predicted octanol–water partition coefficient (Wildman–Crippen LogP) is 0.910. The molecule has 2 fully saturated rings. The molecule has 2 N–H and O–H groups in total. The second kappa shape index (κ2) is 0.988. The fourth-order valence-corrected chi connectivity index (χ4v) is 2.29. The van der Waals surface area contributed by atoms with Crippen molar-refractivity contribution in [3.05, 3.63) is 12.2 Å². The molecular weight excluding hydrogens is 110 g/mol. The largest absolute Gasteiger partial charge is 0.322 e. The van der Waals surface area contributed by atoms with E-state index >= 15 is 0 Å². The SMILES string of the molecule is NC12C=CC3CC3C1C2. The quantitative estimate of drug-likeness (QED) is 0.474.